The number of ether oxygens (including phenoxy) is 10. The third-order valence-electron chi connectivity index (χ3n) is 10.4. The van der Waals surface area contributed by atoms with E-state index in [1.165, 1.54) is 0 Å². The Kier molecular flexibility index (Phi) is 31.8. The van der Waals surface area contributed by atoms with E-state index in [2.05, 4.69) is 25.6 Å². The standard InChI is InChI=1S/C50H76N8O16/c1-3-11-58(74-4-2)50(63)41-32-40-6-5-39(33-43(40)56-44(51)34-41)42-35-53-45(54-36-42)37-55-46(59)9-12-64-14-16-66-18-20-68-22-24-70-26-28-72-30-31-73-29-27-71-25-23-69-21-19-67-17-15-65-13-10-52-47(60)38-57-48(61)7-8-49(57)62/h5-8,32-33,35-36,50,63H,3-4,9-31,34,37-38H2,1-2H3,(H2,51,56)(H,52,60)(H,55,59). The lowest BCUT2D eigenvalue weighted by Crippen LogP contribution is -2.41. The van der Waals surface area contributed by atoms with Crippen molar-refractivity contribution < 1.29 is 76.5 Å². The Morgan fingerprint density at radius 3 is 1.65 bits per heavy atom. The van der Waals surface area contributed by atoms with Gasteiger partial charge in [-0.1, -0.05) is 19.1 Å². The van der Waals surface area contributed by atoms with E-state index in [-0.39, 0.29) is 45.2 Å². The summed E-state index contributed by atoms with van der Waals surface area (Å²) in [7, 11) is 0. The first kappa shape index (κ1) is 61.4. The number of aliphatic imine (C=N–C) groups is 1. The topological polar surface area (TPSA) is 285 Å². The smallest absolute Gasteiger partial charge is 0.254 e. The molecule has 0 spiro atoms. The summed E-state index contributed by atoms with van der Waals surface area (Å²) in [5.74, 6) is -0.753. The van der Waals surface area contributed by atoms with Crippen LogP contribution < -0.4 is 16.4 Å². The van der Waals surface area contributed by atoms with Gasteiger partial charge in [-0.15, -0.1) is 0 Å². The zero-order chi connectivity index (χ0) is 52.9. The Morgan fingerprint density at radius 2 is 1.16 bits per heavy atom. The van der Waals surface area contributed by atoms with Crippen LogP contribution in [0, 0.1) is 0 Å². The molecule has 2 aromatic rings. The van der Waals surface area contributed by atoms with E-state index in [1.54, 1.807) is 17.5 Å². The minimum Gasteiger partial charge on any atom is -0.387 e. The summed E-state index contributed by atoms with van der Waals surface area (Å²) in [4.78, 5) is 67.1. The molecule has 4 rings (SSSR count). The molecule has 24 heteroatoms. The van der Waals surface area contributed by atoms with Gasteiger partial charge >= 0.3 is 0 Å². The van der Waals surface area contributed by atoms with E-state index in [0.29, 0.717) is 161 Å². The van der Waals surface area contributed by atoms with E-state index in [1.807, 2.05) is 38.1 Å². The van der Waals surface area contributed by atoms with E-state index in [9.17, 15) is 24.3 Å². The summed E-state index contributed by atoms with van der Waals surface area (Å²) < 4.78 is 54.8. The molecule has 0 fully saturated rings. The molecule has 412 valence electrons. The fourth-order valence-electron chi connectivity index (χ4n) is 6.75. The van der Waals surface area contributed by atoms with Gasteiger partial charge in [0.25, 0.3) is 11.8 Å². The van der Waals surface area contributed by atoms with E-state index in [0.717, 1.165) is 40.2 Å². The van der Waals surface area contributed by atoms with Gasteiger partial charge < -0.3 is 68.8 Å². The Hall–Kier alpha value is -5.19. The number of imide groups is 1. The quantitative estimate of drug-likeness (QED) is 0.0313. The molecule has 4 amide bonds. The Labute approximate surface area is 433 Å². The minimum atomic E-state index is -0.945. The number of aromatic nitrogens is 2. The molecule has 5 N–H and O–H groups in total. The number of carbonyl (C=O) groups is 4. The molecule has 3 heterocycles. The summed E-state index contributed by atoms with van der Waals surface area (Å²) in [6.45, 7) is 13.1. The van der Waals surface area contributed by atoms with Crippen molar-refractivity contribution in [3.8, 4) is 11.1 Å². The van der Waals surface area contributed by atoms with Crippen molar-refractivity contribution in [3.63, 3.8) is 0 Å². The van der Waals surface area contributed by atoms with Gasteiger partial charge in [-0.25, -0.2) is 15.0 Å². The number of nitrogens with two attached hydrogens (primary N) is 1. The average molecular weight is 1050 g/mol. The van der Waals surface area contributed by atoms with Crippen molar-refractivity contribution in [3.05, 3.63) is 59.7 Å². The van der Waals surface area contributed by atoms with Crippen molar-refractivity contribution in [2.24, 2.45) is 10.7 Å². The van der Waals surface area contributed by atoms with E-state index in [4.69, 9.17) is 57.9 Å². The third-order valence-corrected chi connectivity index (χ3v) is 10.4. The largest absolute Gasteiger partial charge is 0.387 e. The van der Waals surface area contributed by atoms with Gasteiger partial charge in [0.05, 0.1) is 151 Å². The van der Waals surface area contributed by atoms with Crippen molar-refractivity contribution in [1.29, 1.82) is 0 Å². The number of nitrogens with zero attached hydrogens (tertiary/aromatic N) is 5. The molecule has 2 aliphatic rings. The molecule has 24 nitrogen and oxygen atoms in total. The Morgan fingerprint density at radius 1 is 0.676 bits per heavy atom. The summed E-state index contributed by atoms with van der Waals surface area (Å²) in [6, 6.07) is 5.78. The third kappa shape index (κ3) is 25.8. The zero-order valence-corrected chi connectivity index (χ0v) is 42.9. The maximum absolute atomic E-state index is 12.4. The molecule has 0 bridgehead atoms. The number of rotatable bonds is 44. The van der Waals surface area contributed by atoms with E-state index >= 15 is 0 Å². The fraction of sp³-hybridized carbons (Fsp3) is 0.620. The molecule has 2 aliphatic heterocycles. The van der Waals surface area contributed by atoms with Gasteiger partial charge in [0.2, 0.25) is 11.8 Å². The first-order chi connectivity index (χ1) is 36.2. The number of hydrogen-bond donors (Lipinski definition) is 4. The highest BCUT2D eigenvalue weighted by molar-refractivity contribution is 6.14. The van der Waals surface area contributed by atoms with Gasteiger partial charge in [0.15, 0.2) is 6.23 Å². The van der Waals surface area contributed by atoms with Crippen LogP contribution in [0.4, 0.5) is 5.69 Å². The second kappa shape index (κ2) is 38.4. The predicted molar refractivity (Wildman–Crippen MR) is 269 cm³/mol. The maximum Gasteiger partial charge on any atom is 0.254 e. The number of hydrogen-bond acceptors (Lipinski definition) is 21. The Balaban J connectivity index is 0.847. The normalized spacial score (nSPS) is 13.8. The lowest BCUT2D eigenvalue weighted by molar-refractivity contribution is -0.223. The van der Waals surface area contributed by atoms with Crippen molar-refractivity contribution in [2.75, 3.05) is 158 Å². The number of fused-ring (bicyclic) bond motifs is 1. The fourth-order valence-corrected chi connectivity index (χ4v) is 6.75. The molecular formula is C50H76N8O16. The molecule has 0 radical (unpaired) electrons. The van der Waals surface area contributed by atoms with Crippen molar-refractivity contribution in [1.82, 2.24) is 30.6 Å². The second-order valence-electron chi connectivity index (χ2n) is 16.2. The predicted octanol–water partition coefficient (Wildman–Crippen LogP) is 1.11. The number of aliphatic hydroxyl groups is 1. The average Bonchev–Trinajstić information content (AvgIpc) is 3.60. The van der Waals surface area contributed by atoms with Crippen LogP contribution in [0.3, 0.4) is 0 Å². The zero-order valence-electron chi connectivity index (χ0n) is 42.9. The minimum absolute atomic E-state index is 0.179. The summed E-state index contributed by atoms with van der Waals surface area (Å²) in [6.07, 6.45) is 7.95. The van der Waals surface area contributed by atoms with Gasteiger partial charge in [0, 0.05) is 61.6 Å². The van der Waals surface area contributed by atoms with Crippen LogP contribution in [-0.2, 0) is 77.9 Å². The Bertz CT molecular complexity index is 2000. The number of amides is 4. The monoisotopic (exact) mass is 1040 g/mol. The van der Waals surface area contributed by atoms with Gasteiger partial charge in [-0.05, 0) is 36.6 Å². The molecule has 0 saturated carbocycles. The number of aliphatic hydroxyl groups excluding tert-OH is 1. The van der Waals surface area contributed by atoms with Gasteiger partial charge in [-0.2, -0.15) is 5.06 Å². The van der Waals surface area contributed by atoms with Crippen LogP contribution in [-0.4, -0.2) is 219 Å². The second-order valence-corrected chi connectivity index (χ2v) is 16.2. The number of carbonyl (C=O) groups excluding carboxylic acids is 4. The van der Waals surface area contributed by atoms with Crippen molar-refractivity contribution in [2.45, 2.75) is 45.9 Å². The van der Waals surface area contributed by atoms with Crippen molar-refractivity contribution >= 4 is 41.2 Å². The number of nitrogens with one attached hydrogen (secondary N) is 2. The number of amidine groups is 1. The molecule has 1 aromatic carbocycles. The first-order valence-electron chi connectivity index (χ1n) is 25.1. The maximum atomic E-state index is 12.4. The SMILES string of the molecule is CCCN(OCC)C(O)C1=Cc2ccc(-c3cnc(CNC(=O)CCOCCOCCOCCOCCOCCOCCOCCOCCOCCOCCNC(=O)CN4C(=O)C=CC4=O)nc3)cc2N=C(N)C1. The molecule has 1 aromatic heterocycles. The van der Waals surface area contributed by atoms with Crippen LogP contribution in [0.1, 0.15) is 44.5 Å². The van der Waals surface area contributed by atoms with Crippen LogP contribution in [0.2, 0.25) is 0 Å². The lowest BCUT2D eigenvalue weighted by atomic mass is 10.0. The van der Waals surface area contributed by atoms with Gasteiger partial charge in [-0.3, -0.25) is 28.9 Å². The van der Waals surface area contributed by atoms with Crippen LogP contribution in [0.25, 0.3) is 17.2 Å². The lowest BCUT2D eigenvalue weighted by Gasteiger charge is -2.27. The molecular weight excluding hydrogens is 969 g/mol. The van der Waals surface area contributed by atoms with Crippen LogP contribution >= 0.6 is 0 Å². The summed E-state index contributed by atoms with van der Waals surface area (Å²) in [5.41, 5.74) is 10.1. The summed E-state index contributed by atoms with van der Waals surface area (Å²) in [5, 5.41) is 18.0. The highest BCUT2D eigenvalue weighted by Gasteiger charge is 2.26. The van der Waals surface area contributed by atoms with Crippen LogP contribution in [0.15, 0.2) is 53.3 Å². The first-order valence-corrected chi connectivity index (χ1v) is 25.1. The molecule has 1 unspecified atom stereocenters. The van der Waals surface area contributed by atoms with Gasteiger partial charge in [0.1, 0.15) is 18.2 Å². The van der Waals surface area contributed by atoms with E-state index < -0.39 is 23.9 Å². The van der Waals surface area contributed by atoms with Crippen LogP contribution in [0.5, 0.6) is 0 Å². The highest BCUT2D eigenvalue weighted by atomic mass is 16.7. The molecule has 1 atom stereocenters. The molecule has 74 heavy (non-hydrogen) atoms. The number of hydroxylamine groups is 2. The highest BCUT2D eigenvalue weighted by Crippen LogP contribution is 2.32. The number of benzene rings is 1. The summed E-state index contributed by atoms with van der Waals surface area (Å²) >= 11 is 0. The molecule has 0 saturated heterocycles. The molecule has 0 aliphatic carbocycles.